The largest absolute Gasteiger partial charge is 0.458 e. The maximum atomic E-state index is 12.6. The summed E-state index contributed by atoms with van der Waals surface area (Å²) in [6, 6.07) is 2.29. The Kier molecular flexibility index (Phi) is 4.72. The Bertz CT molecular complexity index is 490. The van der Waals surface area contributed by atoms with Gasteiger partial charge < -0.3 is 19.4 Å². The molecular weight excluding hydrogens is 282 g/mol. The molecule has 1 aromatic heterocycles. The van der Waals surface area contributed by atoms with E-state index in [9.17, 15) is 4.79 Å². The molecule has 1 atom stereocenters. The van der Waals surface area contributed by atoms with Gasteiger partial charge in [-0.05, 0) is 26.0 Å². The molecule has 2 saturated heterocycles. The minimum Gasteiger partial charge on any atom is -0.458 e. The predicted molar refractivity (Wildman–Crippen MR) is 81.7 cm³/mol. The fourth-order valence-corrected chi connectivity index (χ4v) is 2.90. The first-order valence-electron chi connectivity index (χ1n) is 7.88. The molecule has 0 N–H and O–H groups in total. The van der Waals surface area contributed by atoms with Crippen molar-refractivity contribution in [2.24, 2.45) is 0 Å². The second kappa shape index (κ2) is 6.91. The average Bonchev–Trinajstić information content (AvgIpc) is 2.56. The van der Waals surface area contributed by atoms with Crippen LogP contribution in [-0.4, -0.2) is 83.1 Å². The third kappa shape index (κ3) is 3.65. The Morgan fingerprint density at radius 2 is 1.86 bits per heavy atom. The zero-order valence-corrected chi connectivity index (χ0v) is 13.0. The first-order chi connectivity index (χ1) is 10.7. The van der Waals surface area contributed by atoms with Gasteiger partial charge in [-0.1, -0.05) is 0 Å². The van der Waals surface area contributed by atoms with E-state index in [1.165, 1.54) is 0 Å². The predicted octanol–water partition coefficient (Wildman–Crippen LogP) is 0.687. The lowest BCUT2D eigenvalue weighted by Gasteiger charge is -2.39. The van der Waals surface area contributed by atoms with Gasteiger partial charge >= 0.3 is 12.0 Å². The van der Waals surface area contributed by atoms with Crippen molar-refractivity contribution in [3.05, 3.63) is 18.5 Å². The molecule has 22 heavy (non-hydrogen) atoms. The van der Waals surface area contributed by atoms with Crippen LogP contribution < -0.4 is 4.74 Å². The number of amides is 2. The SMILES string of the molecule is CN1CCN(C(=O)N2CCCC(Oc3ncccn3)C2)CC1. The number of hydrogen-bond donors (Lipinski definition) is 0. The zero-order chi connectivity index (χ0) is 15.4. The van der Waals surface area contributed by atoms with Gasteiger partial charge in [-0.3, -0.25) is 0 Å². The van der Waals surface area contributed by atoms with E-state index in [1.807, 2.05) is 9.80 Å². The van der Waals surface area contributed by atoms with E-state index < -0.39 is 0 Å². The van der Waals surface area contributed by atoms with Gasteiger partial charge in [0.2, 0.25) is 0 Å². The maximum absolute atomic E-state index is 12.6. The highest BCUT2D eigenvalue weighted by Gasteiger charge is 2.29. The summed E-state index contributed by atoms with van der Waals surface area (Å²) in [6.07, 6.45) is 5.20. The number of likely N-dealkylation sites (N-methyl/N-ethyl adjacent to an activating group) is 1. The summed E-state index contributed by atoms with van der Waals surface area (Å²) in [7, 11) is 2.09. The minimum absolute atomic E-state index is 0.0208. The molecule has 7 heteroatoms. The number of likely N-dealkylation sites (tertiary alicyclic amines) is 1. The van der Waals surface area contributed by atoms with Crippen LogP contribution in [0.25, 0.3) is 0 Å². The lowest BCUT2D eigenvalue weighted by molar-refractivity contribution is 0.0707. The average molecular weight is 305 g/mol. The second-order valence-corrected chi connectivity index (χ2v) is 5.93. The molecule has 1 unspecified atom stereocenters. The fraction of sp³-hybridized carbons (Fsp3) is 0.667. The lowest BCUT2D eigenvalue weighted by atomic mass is 10.1. The van der Waals surface area contributed by atoms with E-state index in [2.05, 4.69) is 21.9 Å². The number of piperidine rings is 1. The second-order valence-electron chi connectivity index (χ2n) is 5.93. The molecule has 0 spiro atoms. The van der Waals surface area contributed by atoms with Gasteiger partial charge in [0.05, 0.1) is 6.54 Å². The first kappa shape index (κ1) is 15.0. The van der Waals surface area contributed by atoms with Gasteiger partial charge in [-0.2, -0.15) is 0 Å². The Balaban J connectivity index is 1.55. The number of piperazine rings is 1. The van der Waals surface area contributed by atoms with Crippen LogP contribution in [0.3, 0.4) is 0 Å². The Morgan fingerprint density at radius 1 is 1.14 bits per heavy atom. The smallest absolute Gasteiger partial charge is 0.320 e. The van der Waals surface area contributed by atoms with Crippen molar-refractivity contribution in [2.75, 3.05) is 46.3 Å². The summed E-state index contributed by atoms with van der Waals surface area (Å²) in [6.45, 7) is 4.91. The molecule has 2 aliphatic rings. The Labute approximate surface area is 130 Å². The van der Waals surface area contributed by atoms with Crippen LogP contribution in [-0.2, 0) is 0 Å². The van der Waals surface area contributed by atoms with E-state index in [1.54, 1.807) is 18.5 Å². The van der Waals surface area contributed by atoms with Crippen molar-refractivity contribution < 1.29 is 9.53 Å². The molecule has 3 rings (SSSR count). The van der Waals surface area contributed by atoms with Crippen LogP contribution in [0.2, 0.25) is 0 Å². The molecule has 2 fully saturated rings. The summed E-state index contributed by atoms with van der Waals surface area (Å²) in [5.41, 5.74) is 0. The zero-order valence-electron chi connectivity index (χ0n) is 13.0. The van der Waals surface area contributed by atoms with Gasteiger partial charge in [-0.15, -0.1) is 0 Å². The Morgan fingerprint density at radius 3 is 2.59 bits per heavy atom. The lowest BCUT2D eigenvalue weighted by Crippen LogP contribution is -2.54. The number of urea groups is 1. The quantitative estimate of drug-likeness (QED) is 0.804. The molecule has 7 nitrogen and oxygen atoms in total. The van der Waals surface area contributed by atoms with Crippen LogP contribution in [0, 0.1) is 0 Å². The normalized spacial score (nSPS) is 23.4. The molecule has 0 radical (unpaired) electrons. The number of carbonyl (C=O) groups excluding carboxylic acids is 1. The van der Waals surface area contributed by atoms with E-state index in [0.717, 1.165) is 45.6 Å². The molecular formula is C15H23N5O2. The van der Waals surface area contributed by atoms with Crippen molar-refractivity contribution in [1.29, 1.82) is 0 Å². The summed E-state index contributed by atoms with van der Waals surface area (Å²) >= 11 is 0. The first-order valence-corrected chi connectivity index (χ1v) is 7.88. The number of ether oxygens (including phenoxy) is 1. The molecule has 3 heterocycles. The van der Waals surface area contributed by atoms with E-state index in [0.29, 0.717) is 12.6 Å². The number of hydrogen-bond acceptors (Lipinski definition) is 5. The molecule has 120 valence electrons. The van der Waals surface area contributed by atoms with E-state index >= 15 is 0 Å². The van der Waals surface area contributed by atoms with Gasteiger partial charge in [0.15, 0.2) is 0 Å². The van der Waals surface area contributed by atoms with Crippen LogP contribution in [0.5, 0.6) is 6.01 Å². The molecule has 2 amide bonds. The van der Waals surface area contributed by atoms with Crippen molar-refractivity contribution in [1.82, 2.24) is 24.7 Å². The molecule has 0 bridgehead atoms. The summed E-state index contributed by atoms with van der Waals surface area (Å²) in [5.74, 6) is 0. The molecule has 1 aromatic rings. The highest BCUT2D eigenvalue weighted by molar-refractivity contribution is 5.74. The van der Waals surface area contributed by atoms with Crippen molar-refractivity contribution in [3.8, 4) is 6.01 Å². The van der Waals surface area contributed by atoms with E-state index in [4.69, 9.17) is 4.74 Å². The molecule has 2 aliphatic heterocycles. The number of rotatable bonds is 2. The standard InChI is InChI=1S/C15H23N5O2/c1-18-8-10-19(11-9-18)15(21)20-7-2-4-13(12-20)22-14-16-5-3-6-17-14/h3,5-6,13H,2,4,7-12H2,1H3. The third-order valence-electron chi connectivity index (χ3n) is 4.24. The van der Waals surface area contributed by atoms with Crippen LogP contribution in [0.1, 0.15) is 12.8 Å². The van der Waals surface area contributed by atoms with Gasteiger partial charge in [0, 0.05) is 45.1 Å². The van der Waals surface area contributed by atoms with Crippen molar-refractivity contribution in [2.45, 2.75) is 18.9 Å². The summed E-state index contributed by atoms with van der Waals surface area (Å²) in [5, 5.41) is 0. The van der Waals surface area contributed by atoms with Crippen molar-refractivity contribution >= 4 is 6.03 Å². The highest BCUT2D eigenvalue weighted by atomic mass is 16.5. The number of nitrogens with zero attached hydrogens (tertiary/aromatic N) is 5. The van der Waals surface area contributed by atoms with Crippen LogP contribution >= 0.6 is 0 Å². The number of carbonyl (C=O) groups is 1. The maximum Gasteiger partial charge on any atom is 0.320 e. The number of aromatic nitrogens is 2. The van der Waals surface area contributed by atoms with Gasteiger partial charge in [-0.25, -0.2) is 14.8 Å². The summed E-state index contributed by atoms with van der Waals surface area (Å²) in [4.78, 5) is 26.9. The summed E-state index contributed by atoms with van der Waals surface area (Å²) < 4.78 is 5.80. The highest BCUT2D eigenvalue weighted by Crippen LogP contribution is 2.17. The van der Waals surface area contributed by atoms with Gasteiger partial charge in [0.1, 0.15) is 6.10 Å². The fourth-order valence-electron chi connectivity index (χ4n) is 2.90. The Hall–Kier alpha value is -1.89. The van der Waals surface area contributed by atoms with Crippen LogP contribution in [0.15, 0.2) is 18.5 Å². The third-order valence-corrected chi connectivity index (χ3v) is 4.24. The molecule has 0 aromatic carbocycles. The van der Waals surface area contributed by atoms with Gasteiger partial charge in [0.25, 0.3) is 0 Å². The molecule has 0 saturated carbocycles. The topological polar surface area (TPSA) is 61.8 Å². The molecule has 0 aliphatic carbocycles. The van der Waals surface area contributed by atoms with Crippen molar-refractivity contribution in [3.63, 3.8) is 0 Å². The minimum atomic E-state index is -0.0208. The van der Waals surface area contributed by atoms with Crippen LogP contribution in [0.4, 0.5) is 4.79 Å². The monoisotopic (exact) mass is 305 g/mol. The van der Waals surface area contributed by atoms with E-state index in [-0.39, 0.29) is 12.1 Å².